The molecule has 2 aromatic carbocycles. The number of nitrogens with zero attached hydrogens (tertiary/aromatic N) is 1. The van der Waals surface area contributed by atoms with Crippen molar-refractivity contribution in [2.45, 2.75) is 25.3 Å². The number of rotatable bonds is 2. The van der Waals surface area contributed by atoms with Crippen LogP contribution in [0.5, 0.6) is 0 Å². The van der Waals surface area contributed by atoms with Gasteiger partial charge in [-0.2, -0.15) is 0 Å². The lowest BCUT2D eigenvalue weighted by atomic mass is 9.93. The summed E-state index contributed by atoms with van der Waals surface area (Å²) in [7, 11) is 0. The molecule has 1 saturated heterocycles. The Bertz CT molecular complexity index is 579. The molecule has 2 unspecified atom stereocenters. The monoisotopic (exact) mass is 265 g/mol. The lowest BCUT2D eigenvalue weighted by molar-refractivity contribution is 0.0742. The largest absolute Gasteiger partial charge is 0.335 e. The maximum atomic E-state index is 12.6. The van der Waals surface area contributed by atoms with Crippen molar-refractivity contribution in [3.05, 3.63) is 71.8 Å². The van der Waals surface area contributed by atoms with Crippen LogP contribution in [0.3, 0.4) is 0 Å². The maximum Gasteiger partial charge on any atom is 0.254 e. The molecule has 1 fully saturated rings. The Morgan fingerprint density at radius 2 is 1.60 bits per heavy atom. The Balaban J connectivity index is 1.79. The number of carbonyl (C=O) groups is 1. The Labute approximate surface area is 120 Å². The van der Waals surface area contributed by atoms with Gasteiger partial charge >= 0.3 is 0 Å². The topological polar surface area (TPSA) is 20.3 Å². The molecule has 0 radical (unpaired) electrons. The molecule has 20 heavy (non-hydrogen) atoms. The predicted molar refractivity (Wildman–Crippen MR) is 80.7 cm³/mol. The minimum Gasteiger partial charge on any atom is -0.335 e. The van der Waals surface area contributed by atoms with Gasteiger partial charge in [0, 0.05) is 24.1 Å². The molecule has 1 heterocycles. The third-order valence-corrected chi connectivity index (χ3v) is 4.26. The Kier molecular flexibility index (Phi) is 3.55. The van der Waals surface area contributed by atoms with Gasteiger partial charge in [0.15, 0.2) is 0 Å². The first-order chi connectivity index (χ1) is 9.77. The highest BCUT2D eigenvalue weighted by molar-refractivity contribution is 5.94. The Morgan fingerprint density at radius 1 is 1.00 bits per heavy atom. The van der Waals surface area contributed by atoms with Gasteiger partial charge in [-0.05, 0) is 31.0 Å². The molecule has 2 heteroatoms. The van der Waals surface area contributed by atoms with Gasteiger partial charge in [-0.25, -0.2) is 0 Å². The van der Waals surface area contributed by atoms with Crippen LogP contribution in [0.4, 0.5) is 0 Å². The van der Waals surface area contributed by atoms with Crippen molar-refractivity contribution >= 4 is 5.91 Å². The molecular formula is C18H19NO. The molecule has 1 aliphatic rings. The van der Waals surface area contributed by atoms with E-state index < -0.39 is 0 Å². The van der Waals surface area contributed by atoms with Crippen LogP contribution in [0, 0.1) is 0 Å². The third-order valence-electron chi connectivity index (χ3n) is 4.26. The molecule has 102 valence electrons. The fourth-order valence-electron chi connectivity index (χ4n) is 3.12. The quantitative estimate of drug-likeness (QED) is 0.810. The van der Waals surface area contributed by atoms with E-state index in [1.54, 1.807) is 0 Å². The van der Waals surface area contributed by atoms with E-state index in [0.717, 1.165) is 18.5 Å². The summed E-state index contributed by atoms with van der Waals surface area (Å²) in [5.74, 6) is 0.598. The Morgan fingerprint density at radius 3 is 2.25 bits per heavy atom. The number of hydrogen-bond donors (Lipinski definition) is 0. The molecule has 2 atom stereocenters. The average Bonchev–Trinajstić information content (AvgIpc) is 2.90. The van der Waals surface area contributed by atoms with Crippen molar-refractivity contribution in [1.82, 2.24) is 4.90 Å². The van der Waals surface area contributed by atoms with Gasteiger partial charge < -0.3 is 4.90 Å². The summed E-state index contributed by atoms with van der Waals surface area (Å²) < 4.78 is 0. The molecule has 0 N–H and O–H groups in total. The van der Waals surface area contributed by atoms with E-state index >= 15 is 0 Å². The van der Waals surface area contributed by atoms with Crippen LogP contribution in [-0.2, 0) is 0 Å². The summed E-state index contributed by atoms with van der Waals surface area (Å²) in [6.45, 7) is 3.00. The van der Waals surface area contributed by atoms with Crippen LogP contribution in [-0.4, -0.2) is 23.4 Å². The fourth-order valence-corrected chi connectivity index (χ4v) is 3.12. The number of carbonyl (C=O) groups excluding carboxylic acids is 1. The first kappa shape index (κ1) is 12.9. The first-order valence-electron chi connectivity index (χ1n) is 7.18. The average molecular weight is 265 g/mol. The number of benzene rings is 2. The van der Waals surface area contributed by atoms with Crippen LogP contribution in [0.1, 0.15) is 35.2 Å². The molecule has 0 aromatic heterocycles. The number of likely N-dealkylation sites (tertiary alicyclic amines) is 1. The third kappa shape index (κ3) is 2.34. The molecule has 0 bridgehead atoms. The van der Waals surface area contributed by atoms with Gasteiger partial charge in [-0.1, -0.05) is 48.5 Å². The van der Waals surface area contributed by atoms with E-state index in [2.05, 4.69) is 31.2 Å². The van der Waals surface area contributed by atoms with Crippen LogP contribution >= 0.6 is 0 Å². The second-order valence-corrected chi connectivity index (χ2v) is 5.41. The van der Waals surface area contributed by atoms with Crippen molar-refractivity contribution in [1.29, 1.82) is 0 Å². The van der Waals surface area contributed by atoms with Gasteiger partial charge in [0.05, 0.1) is 0 Å². The summed E-state index contributed by atoms with van der Waals surface area (Å²) in [4.78, 5) is 14.6. The molecule has 3 rings (SSSR count). The van der Waals surface area contributed by atoms with E-state index in [-0.39, 0.29) is 11.9 Å². The number of amides is 1. The van der Waals surface area contributed by atoms with Crippen LogP contribution < -0.4 is 0 Å². The van der Waals surface area contributed by atoms with E-state index in [4.69, 9.17) is 0 Å². The van der Waals surface area contributed by atoms with Crippen LogP contribution in [0.25, 0.3) is 0 Å². The van der Waals surface area contributed by atoms with Crippen molar-refractivity contribution in [2.24, 2.45) is 0 Å². The standard InChI is InChI=1S/C18H19NO/c1-14-17(15-8-4-2-5-9-15)12-13-19(14)18(20)16-10-6-3-7-11-16/h2-11,14,17H,12-13H2,1H3. The van der Waals surface area contributed by atoms with Crippen LogP contribution in [0.15, 0.2) is 60.7 Å². The van der Waals surface area contributed by atoms with Gasteiger partial charge in [0.1, 0.15) is 0 Å². The molecule has 2 nitrogen and oxygen atoms in total. The Hall–Kier alpha value is -2.09. The molecule has 1 amide bonds. The minimum absolute atomic E-state index is 0.150. The molecule has 2 aromatic rings. The summed E-state index contributed by atoms with van der Waals surface area (Å²) in [5.41, 5.74) is 2.12. The zero-order valence-electron chi connectivity index (χ0n) is 11.7. The number of hydrogen-bond acceptors (Lipinski definition) is 1. The second-order valence-electron chi connectivity index (χ2n) is 5.41. The van der Waals surface area contributed by atoms with Crippen molar-refractivity contribution in [3.8, 4) is 0 Å². The van der Waals surface area contributed by atoms with Gasteiger partial charge in [0.25, 0.3) is 5.91 Å². The van der Waals surface area contributed by atoms with Gasteiger partial charge in [-0.3, -0.25) is 4.79 Å². The van der Waals surface area contributed by atoms with E-state index in [9.17, 15) is 4.79 Å². The smallest absolute Gasteiger partial charge is 0.254 e. The van der Waals surface area contributed by atoms with Gasteiger partial charge in [-0.15, -0.1) is 0 Å². The summed E-state index contributed by atoms with van der Waals surface area (Å²) >= 11 is 0. The van der Waals surface area contributed by atoms with E-state index in [0.29, 0.717) is 5.92 Å². The molecule has 0 saturated carbocycles. The van der Waals surface area contributed by atoms with Crippen molar-refractivity contribution in [3.63, 3.8) is 0 Å². The van der Waals surface area contributed by atoms with Gasteiger partial charge in [0.2, 0.25) is 0 Å². The highest BCUT2D eigenvalue weighted by Gasteiger charge is 2.34. The maximum absolute atomic E-state index is 12.6. The first-order valence-corrected chi connectivity index (χ1v) is 7.18. The molecule has 1 aliphatic heterocycles. The summed E-state index contributed by atoms with van der Waals surface area (Å²) in [6.07, 6.45) is 1.05. The van der Waals surface area contributed by atoms with Crippen molar-refractivity contribution < 1.29 is 4.79 Å². The van der Waals surface area contributed by atoms with E-state index in [1.165, 1.54) is 5.56 Å². The van der Waals surface area contributed by atoms with Crippen LogP contribution in [0.2, 0.25) is 0 Å². The lowest BCUT2D eigenvalue weighted by Gasteiger charge is -2.25. The normalized spacial score (nSPS) is 21.9. The van der Waals surface area contributed by atoms with Crippen molar-refractivity contribution in [2.75, 3.05) is 6.54 Å². The SMILES string of the molecule is CC1C(c2ccccc2)CCN1C(=O)c1ccccc1. The van der Waals surface area contributed by atoms with E-state index in [1.807, 2.05) is 41.3 Å². The molecular weight excluding hydrogens is 246 g/mol. The zero-order valence-corrected chi connectivity index (χ0v) is 11.7. The zero-order chi connectivity index (χ0) is 13.9. The lowest BCUT2D eigenvalue weighted by Crippen LogP contribution is -2.35. The predicted octanol–water partition coefficient (Wildman–Crippen LogP) is 3.70. The summed E-state index contributed by atoms with van der Waals surface area (Å²) in [6, 6.07) is 20.3. The fraction of sp³-hybridized carbons (Fsp3) is 0.278. The summed E-state index contributed by atoms with van der Waals surface area (Å²) in [5, 5.41) is 0. The molecule has 0 aliphatic carbocycles. The second kappa shape index (κ2) is 5.49. The minimum atomic E-state index is 0.150. The highest BCUT2D eigenvalue weighted by atomic mass is 16.2. The highest BCUT2D eigenvalue weighted by Crippen LogP contribution is 2.33. The molecule has 0 spiro atoms.